The van der Waals surface area contributed by atoms with Gasteiger partial charge in [0.25, 0.3) is 0 Å². The van der Waals surface area contributed by atoms with E-state index in [9.17, 15) is 0 Å². The molecule has 1 fully saturated rings. The Labute approximate surface area is 90.4 Å². The lowest BCUT2D eigenvalue weighted by Crippen LogP contribution is -2.49. The highest BCUT2D eigenvalue weighted by Crippen LogP contribution is 2.24. The lowest BCUT2D eigenvalue weighted by atomic mass is 9.92. The summed E-state index contributed by atoms with van der Waals surface area (Å²) in [7, 11) is 1.68. The van der Waals surface area contributed by atoms with Crippen molar-refractivity contribution in [1.82, 2.24) is 5.32 Å². The van der Waals surface area contributed by atoms with Crippen LogP contribution < -0.4 is 10.1 Å². The van der Waals surface area contributed by atoms with Crippen molar-refractivity contribution in [2.24, 2.45) is 0 Å². The molecule has 0 bridgehead atoms. The fraction of sp³-hybridized carbons (Fsp3) is 0.500. The normalized spacial score (nSPS) is 26.3. The monoisotopic (exact) mass is 207 g/mol. The zero-order valence-electron chi connectivity index (χ0n) is 9.25. The second-order valence-corrected chi connectivity index (χ2v) is 4.04. The second-order valence-electron chi connectivity index (χ2n) is 4.04. The van der Waals surface area contributed by atoms with Crippen molar-refractivity contribution < 1.29 is 9.47 Å². The highest BCUT2D eigenvalue weighted by molar-refractivity contribution is 5.31. The molecule has 82 valence electrons. The zero-order chi connectivity index (χ0) is 10.7. The van der Waals surface area contributed by atoms with Gasteiger partial charge in [-0.05, 0) is 24.6 Å². The molecule has 1 heterocycles. The van der Waals surface area contributed by atoms with Crippen molar-refractivity contribution >= 4 is 0 Å². The highest BCUT2D eigenvalue weighted by Gasteiger charge is 2.28. The molecule has 0 saturated carbocycles. The molecule has 0 spiro atoms. The van der Waals surface area contributed by atoms with Gasteiger partial charge in [0.1, 0.15) is 5.75 Å². The first-order valence-electron chi connectivity index (χ1n) is 5.22. The summed E-state index contributed by atoms with van der Waals surface area (Å²) in [5, 5.41) is 3.48. The molecule has 15 heavy (non-hydrogen) atoms. The van der Waals surface area contributed by atoms with Crippen LogP contribution in [0.3, 0.4) is 0 Å². The first kappa shape index (κ1) is 10.5. The summed E-state index contributed by atoms with van der Waals surface area (Å²) >= 11 is 0. The van der Waals surface area contributed by atoms with Crippen molar-refractivity contribution in [1.29, 1.82) is 0 Å². The van der Waals surface area contributed by atoms with E-state index < -0.39 is 0 Å². The van der Waals surface area contributed by atoms with Crippen LogP contribution in [0.4, 0.5) is 0 Å². The molecule has 3 heteroatoms. The fourth-order valence-corrected chi connectivity index (χ4v) is 1.87. The van der Waals surface area contributed by atoms with E-state index in [0.29, 0.717) is 0 Å². The Morgan fingerprint density at radius 1 is 1.33 bits per heavy atom. The minimum atomic E-state index is -0.0650. The molecule has 3 nitrogen and oxygen atoms in total. The van der Waals surface area contributed by atoms with Gasteiger partial charge in [-0.25, -0.2) is 0 Å². The van der Waals surface area contributed by atoms with Gasteiger partial charge >= 0.3 is 0 Å². The van der Waals surface area contributed by atoms with Crippen LogP contribution in [0, 0.1) is 0 Å². The van der Waals surface area contributed by atoms with E-state index in [2.05, 4.69) is 24.4 Å². The van der Waals surface area contributed by atoms with Crippen molar-refractivity contribution in [3.63, 3.8) is 0 Å². The van der Waals surface area contributed by atoms with Crippen LogP contribution in [-0.2, 0) is 10.3 Å². The van der Waals surface area contributed by atoms with Gasteiger partial charge in [-0.2, -0.15) is 0 Å². The van der Waals surface area contributed by atoms with E-state index in [1.807, 2.05) is 12.1 Å². The van der Waals surface area contributed by atoms with E-state index in [0.717, 1.165) is 25.5 Å². The number of hydrogen-bond donors (Lipinski definition) is 1. The zero-order valence-corrected chi connectivity index (χ0v) is 9.25. The predicted octanol–water partition coefficient (Wildman–Crippen LogP) is 1.53. The molecule has 0 radical (unpaired) electrons. The smallest absolute Gasteiger partial charge is 0.118 e. The van der Waals surface area contributed by atoms with Gasteiger partial charge in [0, 0.05) is 6.54 Å². The van der Waals surface area contributed by atoms with Gasteiger partial charge in [-0.1, -0.05) is 12.1 Å². The Morgan fingerprint density at radius 3 is 2.60 bits per heavy atom. The van der Waals surface area contributed by atoms with E-state index in [-0.39, 0.29) is 5.54 Å². The van der Waals surface area contributed by atoms with Crippen LogP contribution in [0.15, 0.2) is 24.3 Å². The Morgan fingerprint density at radius 2 is 2.07 bits per heavy atom. The maximum absolute atomic E-state index is 5.50. The molecule has 1 aromatic carbocycles. The summed E-state index contributed by atoms with van der Waals surface area (Å²) in [5.74, 6) is 0.888. The molecule has 0 aliphatic carbocycles. The van der Waals surface area contributed by atoms with E-state index >= 15 is 0 Å². The third-order valence-corrected chi connectivity index (χ3v) is 2.88. The van der Waals surface area contributed by atoms with Crippen LogP contribution >= 0.6 is 0 Å². The third-order valence-electron chi connectivity index (χ3n) is 2.88. The number of hydrogen-bond acceptors (Lipinski definition) is 3. The van der Waals surface area contributed by atoms with Gasteiger partial charge in [-0.3, -0.25) is 0 Å². The van der Waals surface area contributed by atoms with Crippen molar-refractivity contribution in [3.05, 3.63) is 29.8 Å². The lowest BCUT2D eigenvalue weighted by molar-refractivity contribution is 0.0339. The van der Waals surface area contributed by atoms with Crippen LogP contribution in [0.5, 0.6) is 5.75 Å². The molecular formula is C12H17NO2. The van der Waals surface area contributed by atoms with Gasteiger partial charge in [0.05, 0.1) is 25.9 Å². The predicted molar refractivity (Wildman–Crippen MR) is 59.2 cm³/mol. The quantitative estimate of drug-likeness (QED) is 0.797. The molecule has 1 aliphatic heterocycles. The maximum Gasteiger partial charge on any atom is 0.118 e. The topological polar surface area (TPSA) is 30.5 Å². The number of rotatable bonds is 2. The second kappa shape index (κ2) is 4.21. The summed E-state index contributed by atoms with van der Waals surface area (Å²) < 4.78 is 10.6. The summed E-state index contributed by atoms with van der Waals surface area (Å²) in [4.78, 5) is 0. The number of morpholine rings is 1. The van der Waals surface area contributed by atoms with Crippen LogP contribution in [0.2, 0.25) is 0 Å². The highest BCUT2D eigenvalue weighted by atomic mass is 16.5. The maximum atomic E-state index is 5.50. The molecule has 2 rings (SSSR count). The largest absolute Gasteiger partial charge is 0.497 e. The van der Waals surface area contributed by atoms with Gasteiger partial charge in [-0.15, -0.1) is 0 Å². The molecule has 1 aliphatic rings. The summed E-state index contributed by atoms with van der Waals surface area (Å²) in [6.07, 6.45) is 0. The van der Waals surface area contributed by atoms with Crippen LogP contribution in [-0.4, -0.2) is 26.9 Å². The minimum Gasteiger partial charge on any atom is -0.497 e. The van der Waals surface area contributed by atoms with Crippen LogP contribution in [0.1, 0.15) is 12.5 Å². The first-order valence-corrected chi connectivity index (χ1v) is 5.22. The van der Waals surface area contributed by atoms with Crippen LogP contribution in [0.25, 0.3) is 0 Å². The number of nitrogens with one attached hydrogen (secondary N) is 1. The Hall–Kier alpha value is -1.06. The molecular weight excluding hydrogens is 190 g/mol. The fourth-order valence-electron chi connectivity index (χ4n) is 1.87. The number of methoxy groups -OCH3 is 1. The Bertz CT molecular complexity index is 315. The molecule has 1 unspecified atom stereocenters. The van der Waals surface area contributed by atoms with Gasteiger partial charge in [0.2, 0.25) is 0 Å². The Kier molecular flexibility index (Phi) is 2.93. The number of ether oxygens (including phenoxy) is 2. The molecule has 1 saturated heterocycles. The first-order chi connectivity index (χ1) is 7.24. The van der Waals surface area contributed by atoms with Crippen molar-refractivity contribution in [3.8, 4) is 5.75 Å². The molecule has 0 aromatic heterocycles. The average molecular weight is 207 g/mol. The average Bonchev–Trinajstić information content (AvgIpc) is 2.30. The molecule has 1 N–H and O–H groups in total. The van der Waals surface area contributed by atoms with Gasteiger partial charge in [0.15, 0.2) is 0 Å². The Balaban J connectivity index is 2.20. The molecule has 1 atom stereocenters. The summed E-state index contributed by atoms with van der Waals surface area (Å²) in [6.45, 7) is 4.58. The number of benzene rings is 1. The summed E-state index contributed by atoms with van der Waals surface area (Å²) in [6, 6.07) is 8.13. The van der Waals surface area contributed by atoms with E-state index in [1.165, 1.54) is 5.56 Å². The SMILES string of the molecule is COc1ccc(C2(C)COCCN2)cc1. The van der Waals surface area contributed by atoms with E-state index in [1.54, 1.807) is 7.11 Å². The van der Waals surface area contributed by atoms with Gasteiger partial charge < -0.3 is 14.8 Å². The molecule has 0 amide bonds. The minimum absolute atomic E-state index is 0.0650. The van der Waals surface area contributed by atoms with E-state index in [4.69, 9.17) is 9.47 Å². The lowest BCUT2D eigenvalue weighted by Gasteiger charge is -2.35. The third kappa shape index (κ3) is 2.13. The van der Waals surface area contributed by atoms with Crippen molar-refractivity contribution in [2.75, 3.05) is 26.9 Å². The van der Waals surface area contributed by atoms with Crippen molar-refractivity contribution in [2.45, 2.75) is 12.5 Å². The standard InChI is InChI=1S/C12H17NO2/c1-12(9-15-8-7-13-12)10-3-5-11(14-2)6-4-10/h3-6,13H,7-9H2,1-2H3. The molecule has 1 aromatic rings. The summed E-state index contributed by atoms with van der Waals surface area (Å²) in [5.41, 5.74) is 1.17.